The molecule has 0 saturated carbocycles. The van der Waals surface area contributed by atoms with Crippen LogP contribution in [0.4, 0.5) is 0 Å². The Bertz CT molecular complexity index is 2540. The van der Waals surface area contributed by atoms with Crippen molar-refractivity contribution in [3.05, 3.63) is 152 Å². The Kier molecular flexibility index (Phi) is 12.8. The molecule has 0 radical (unpaired) electrons. The normalized spacial score (nSPS) is 15.9. The highest BCUT2D eigenvalue weighted by Crippen LogP contribution is 2.27. The van der Waals surface area contributed by atoms with Crippen LogP contribution in [0, 0.1) is 0 Å². The van der Waals surface area contributed by atoms with Crippen molar-refractivity contribution in [2.75, 3.05) is 39.3 Å². The molecule has 0 bridgehead atoms. The van der Waals surface area contributed by atoms with Crippen LogP contribution in [0.25, 0.3) is 42.0 Å². The third-order valence-corrected chi connectivity index (χ3v) is 14.4. The molecular formula is C48H52N8O2S2. The van der Waals surface area contributed by atoms with Crippen molar-refractivity contribution in [3.63, 3.8) is 0 Å². The number of likely N-dealkylation sites (tertiary alicyclic amines) is 2. The van der Waals surface area contributed by atoms with Gasteiger partial charge in [-0.3, -0.25) is 19.6 Å². The van der Waals surface area contributed by atoms with Crippen LogP contribution in [0.2, 0.25) is 0 Å². The first-order valence-corrected chi connectivity index (χ1v) is 22.9. The van der Waals surface area contributed by atoms with Gasteiger partial charge in [-0.2, -0.15) is 0 Å². The number of pyridine rings is 4. The van der Waals surface area contributed by atoms with Crippen molar-refractivity contribution >= 4 is 64.7 Å². The van der Waals surface area contributed by atoms with Gasteiger partial charge in [0.15, 0.2) is 0 Å². The molecule has 8 heterocycles. The number of thiophene rings is 2. The molecule has 2 N–H and O–H groups in total. The summed E-state index contributed by atoms with van der Waals surface area (Å²) in [6, 6.07) is 33.9. The number of fused-ring (bicyclic) bond motifs is 4. The van der Waals surface area contributed by atoms with Gasteiger partial charge in [0.1, 0.15) is 0 Å². The van der Waals surface area contributed by atoms with Gasteiger partial charge in [-0.05, 0) is 111 Å². The number of hydrogen-bond acceptors (Lipinski definition) is 10. The van der Waals surface area contributed by atoms with Gasteiger partial charge in [-0.1, -0.05) is 36.4 Å². The lowest BCUT2D eigenvalue weighted by atomic mass is 10.1. The van der Waals surface area contributed by atoms with Crippen LogP contribution in [0.1, 0.15) is 35.4 Å². The van der Waals surface area contributed by atoms with Crippen molar-refractivity contribution in [2.45, 2.75) is 63.9 Å². The molecule has 2 aromatic carbocycles. The highest BCUT2D eigenvalue weighted by atomic mass is 32.1. The highest BCUT2D eigenvalue weighted by molar-refractivity contribution is 7.19. The fourth-order valence-corrected chi connectivity index (χ4v) is 10.7. The maximum atomic E-state index is 12.4. The average Bonchev–Trinajstić information content (AvgIpc) is 3.92. The molecule has 2 saturated heterocycles. The van der Waals surface area contributed by atoms with Crippen molar-refractivity contribution in [1.29, 1.82) is 0 Å². The van der Waals surface area contributed by atoms with E-state index in [2.05, 4.69) is 91.1 Å². The molecule has 12 heteroatoms. The molecule has 0 spiro atoms. The highest BCUT2D eigenvalue weighted by Gasteiger charge is 2.21. The van der Waals surface area contributed by atoms with E-state index in [1.54, 1.807) is 36.9 Å². The number of hydrogen-bond donors (Lipinski definition) is 2. The zero-order chi connectivity index (χ0) is 40.7. The van der Waals surface area contributed by atoms with E-state index in [0.717, 1.165) is 99.8 Å². The van der Waals surface area contributed by atoms with Crippen LogP contribution >= 0.6 is 22.7 Å². The van der Waals surface area contributed by atoms with Crippen LogP contribution in [0.3, 0.4) is 0 Å². The third kappa shape index (κ3) is 9.76. The standard InChI is InChI=1S/2C24H26N4OS/c2*29-24-6-5-18-7-10-25-17-22(18)28(24)14-13-27-11-8-20(9-12-27)26-16-21-15-19-3-1-2-4-23(19)30-21/h2*1-7,10,15,17,20,26H,8-9,11-14,16H2. The third-order valence-electron chi connectivity index (χ3n) is 12.1. The molecule has 10 rings (SSSR count). The predicted octanol–water partition coefficient (Wildman–Crippen LogP) is 7.73. The second kappa shape index (κ2) is 19.1. The lowest BCUT2D eigenvalue weighted by Gasteiger charge is -2.32. The zero-order valence-corrected chi connectivity index (χ0v) is 35.6. The minimum absolute atomic E-state index is 0.0513. The largest absolute Gasteiger partial charge is 0.309 e. The summed E-state index contributed by atoms with van der Waals surface area (Å²) in [5.74, 6) is 0. The smallest absolute Gasteiger partial charge is 0.251 e. The van der Waals surface area contributed by atoms with Crippen molar-refractivity contribution < 1.29 is 0 Å². The Morgan fingerprint density at radius 1 is 0.517 bits per heavy atom. The Balaban J connectivity index is 0.000000154. The van der Waals surface area contributed by atoms with E-state index in [1.165, 1.54) is 29.9 Å². The fourth-order valence-electron chi connectivity index (χ4n) is 8.67. The SMILES string of the molecule is O=c1ccc2ccncc2n1CCN1CCC(NCc2cc3ccccc3s2)CC1.O=c1ccc2ccncc2n1CCN1CCC(NCc2cc3ccccc3s2)CC1. The van der Waals surface area contributed by atoms with Crippen LogP contribution in [0.5, 0.6) is 0 Å². The molecular weight excluding hydrogens is 785 g/mol. The van der Waals surface area contributed by atoms with E-state index < -0.39 is 0 Å². The Hall–Kier alpha value is -5.08. The van der Waals surface area contributed by atoms with Crippen molar-refractivity contribution in [3.8, 4) is 0 Å². The van der Waals surface area contributed by atoms with Crippen LogP contribution in [-0.2, 0) is 26.2 Å². The lowest BCUT2D eigenvalue weighted by molar-refractivity contribution is 0.191. The van der Waals surface area contributed by atoms with Crippen LogP contribution in [-0.4, -0.2) is 80.3 Å². The molecule has 2 aliphatic rings. The van der Waals surface area contributed by atoms with Gasteiger partial charge in [0, 0.05) is 106 Å². The van der Waals surface area contributed by atoms with Gasteiger partial charge in [0.05, 0.1) is 23.4 Å². The number of rotatable bonds is 12. The maximum Gasteiger partial charge on any atom is 0.251 e. The summed E-state index contributed by atoms with van der Waals surface area (Å²) < 4.78 is 6.44. The summed E-state index contributed by atoms with van der Waals surface area (Å²) in [6.45, 7) is 9.40. The number of nitrogens with one attached hydrogen (secondary N) is 2. The van der Waals surface area contributed by atoms with Crippen molar-refractivity contribution in [2.24, 2.45) is 0 Å². The minimum Gasteiger partial charge on any atom is -0.309 e. The van der Waals surface area contributed by atoms with Crippen LogP contribution < -0.4 is 21.8 Å². The van der Waals surface area contributed by atoms with Gasteiger partial charge in [0.2, 0.25) is 0 Å². The van der Waals surface area contributed by atoms with Gasteiger partial charge >= 0.3 is 0 Å². The van der Waals surface area contributed by atoms with E-state index >= 15 is 0 Å². The molecule has 0 unspecified atom stereocenters. The van der Waals surface area contributed by atoms with E-state index in [1.807, 2.05) is 56.1 Å². The van der Waals surface area contributed by atoms with Gasteiger partial charge in [-0.15, -0.1) is 22.7 Å². The Labute approximate surface area is 358 Å². The summed E-state index contributed by atoms with van der Waals surface area (Å²) in [5.41, 5.74) is 1.94. The second-order valence-corrected chi connectivity index (χ2v) is 18.3. The molecule has 308 valence electrons. The van der Waals surface area contributed by atoms with E-state index in [4.69, 9.17) is 0 Å². The molecule has 0 aliphatic carbocycles. The first-order chi connectivity index (χ1) is 29.5. The molecule has 0 amide bonds. The van der Waals surface area contributed by atoms with E-state index in [9.17, 15) is 9.59 Å². The number of nitrogens with zero attached hydrogens (tertiary/aromatic N) is 6. The molecule has 0 atom stereocenters. The molecule has 2 fully saturated rings. The van der Waals surface area contributed by atoms with Gasteiger partial charge in [-0.25, -0.2) is 0 Å². The number of aromatic nitrogens is 4. The molecule has 6 aromatic heterocycles. The fraction of sp³-hybridized carbons (Fsp3) is 0.333. The maximum absolute atomic E-state index is 12.4. The summed E-state index contributed by atoms with van der Waals surface area (Å²) >= 11 is 3.77. The average molecular weight is 837 g/mol. The Morgan fingerprint density at radius 2 is 0.950 bits per heavy atom. The summed E-state index contributed by atoms with van der Waals surface area (Å²) in [7, 11) is 0. The topological polar surface area (TPSA) is 100 Å². The van der Waals surface area contributed by atoms with Gasteiger partial charge < -0.3 is 29.6 Å². The molecule has 2 aliphatic heterocycles. The first-order valence-electron chi connectivity index (χ1n) is 21.3. The quantitative estimate of drug-likeness (QED) is 0.129. The summed E-state index contributed by atoms with van der Waals surface area (Å²) in [4.78, 5) is 40.8. The summed E-state index contributed by atoms with van der Waals surface area (Å²) in [5, 5.41) is 12.3. The molecule has 10 nitrogen and oxygen atoms in total. The monoisotopic (exact) mass is 836 g/mol. The molecule has 8 aromatic rings. The van der Waals surface area contributed by atoms with Gasteiger partial charge in [0.25, 0.3) is 11.1 Å². The lowest BCUT2D eigenvalue weighted by Crippen LogP contribution is -2.43. The summed E-state index contributed by atoms with van der Waals surface area (Å²) in [6.07, 6.45) is 11.7. The second-order valence-electron chi connectivity index (χ2n) is 16.0. The van der Waals surface area contributed by atoms with Crippen molar-refractivity contribution in [1.82, 2.24) is 39.5 Å². The molecule has 60 heavy (non-hydrogen) atoms. The predicted molar refractivity (Wildman–Crippen MR) is 248 cm³/mol. The minimum atomic E-state index is 0.0513. The van der Waals surface area contributed by atoms with E-state index in [-0.39, 0.29) is 11.1 Å². The first kappa shape index (κ1) is 40.3. The van der Waals surface area contributed by atoms with Crippen LogP contribution in [0.15, 0.2) is 131 Å². The number of benzene rings is 2. The number of piperidine rings is 2. The van der Waals surface area contributed by atoms with E-state index in [0.29, 0.717) is 25.2 Å². The Morgan fingerprint density at radius 3 is 1.38 bits per heavy atom. The zero-order valence-electron chi connectivity index (χ0n) is 33.9.